The summed E-state index contributed by atoms with van der Waals surface area (Å²) in [6, 6.07) is 26.3. The molecule has 4 N–H and O–H groups in total. The van der Waals surface area contributed by atoms with Gasteiger partial charge in [0.15, 0.2) is 0 Å². The molecule has 3 aromatic carbocycles. The van der Waals surface area contributed by atoms with Gasteiger partial charge in [-0.15, -0.1) is 24.8 Å². The summed E-state index contributed by atoms with van der Waals surface area (Å²) >= 11 is 5.54. The zero-order valence-electron chi connectivity index (χ0n) is 17.7. The Morgan fingerprint density at radius 3 is 1.97 bits per heavy atom. The molecule has 0 saturated carbocycles. The Bertz CT molecular complexity index is 1060. The Morgan fingerprint density at radius 2 is 1.38 bits per heavy atom. The van der Waals surface area contributed by atoms with Gasteiger partial charge in [0.1, 0.15) is 12.1 Å². The summed E-state index contributed by atoms with van der Waals surface area (Å²) in [6.07, 6.45) is 1.67. The molecule has 4 aromatic rings. The second kappa shape index (κ2) is 13.9. The van der Waals surface area contributed by atoms with Gasteiger partial charge in [0.2, 0.25) is 0 Å². The molecule has 1 saturated heterocycles. The normalized spacial score (nSPS) is 12.3. The Labute approximate surface area is 206 Å². The maximum absolute atomic E-state index is 5.54. The van der Waals surface area contributed by atoms with E-state index in [0.717, 1.165) is 47.9 Å². The van der Waals surface area contributed by atoms with Gasteiger partial charge in [-0.05, 0) is 35.4 Å². The molecule has 1 aliphatic rings. The van der Waals surface area contributed by atoms with Gasteiger partial charge in [0, 0.05) is 36.6 Å². The highest BCUT2D eigenvalue weighted by atomic mass is 35.5. The third kappa shape index (κ3) is 7.05. The molecule has 0 unspecified atom stereocenters. The van der Waals surface area contributed by atoms with E-state index in [2.05, 4.69) is 62.6 Å². The highest BCUT2D eigenvalue weighted by Crippen LogP contribution is 2.28. The van der Waals surface area contributed by atoms with Crippen LogP contribution in [0.5, 0.6) is 0 Å². The topological polar surface area (TPSA) is 76.0 Å². The molecule has 0 spiro atoms. The lowest BCUT2D eigenvalue weighted by Crippen LogP contribution is -2.44. The van der Waals surface area contributed by atoms with Crippen molar-refractivity contribution in [1.82, 2.24) is 21.4 Å². The van der Waals surface area contributed by atoms with Crippen LogP contribution in [0.15, 0.2) is 85.2 Å². The Kier molecular flexibility index (Phi) is 12.0. The quantitative estimate of drug-likeness (QED) is 0.356. The number of fused-ring (bicyclic) bond motifs is 1. The van der Waals surface area contributed by atoms with Crippen molar-refractivity contribution in [2.45, 2.75) is 0 Å². The molecule has 170 valence electrons. The van der Waals surface area contributed by atoms with E-state index in [4.69, 9.17) is 11.6 Å². The second-order valence-corrected chi connectivity index (χ2v) is 7.26. The Morgan fingerprint density at radius 1 is 0.750 bits per heavy atom. The third-order valence-corrected chi connectivity index (χ3v) is 5.12. The zero-order valence-corrected chi connectivity index (χ0v) is 20.0. The van der Waals surface area contributed by atoms with E-state index in [-0.39, 0.29) is 31.0 Å². The van der Waals surface area contributed by atoms with Crippen LogP contribution in [0.4, 0.5) is 5.82 Å². The van der Waals surface area contributed by atoms with Crippen molar-refractivity contribution in [3.63, 3.8) is 0 Å². The van der Waals surface area contributed by atoms with E-state index in [9.17, 15) is 0 Å². The van der Waals surface area contributed by atoms with Crippen molar-refractivity contribution in [3.8, 4) is 11.1 Å². The van der Waals surface area contributed by atoms with Gasteiger partial charge >= 0.3 is 0 Å². The fraction of sp³-hybridized carbons (Fsp3) is 0.167. The number of rotatable bonds is 2. The molecule has 0 bridgehead atoms. The van der Waals surface area contributed by atoms with E-state index in [0.29, 0.717) is 0 Å². The van der Waals surface area contributed by atoms with Gasteiger partial charge in [0.05, 0.1) is 5.52 Å². The molecule has 0 amide bonds. The van der Waals surface area contributed by atoms with E-state index < -0.39 is 0 Å². The van der Waals surface area contributed by atoms with E-state index in [1.54, 1.807) is 6.33 Å². The second-order valence-electron chi connectivity index (χ2n) is 6.83. The average Bonchev–Trinajstić information content (AvgIpc) is 2.80. The van der Waals surface area contributed by atoms with Crippen molar-refractivity contribution in [3.05, 3.63) is 90.2 Å². The first kappa shape index (κ1) is 27.6. The van der Waals surface area contributed by atoms with Crippen LogP contribution in [-0.4, -0.2) is 36.1 Å². The summed E-state index contributed by atoms with van der Waals surface area (Å²) < 4.78 is 0. The predicted octanol–water partition coefficient (Wildman–Crippen LogP) is 6.05. The fourth-order valence-corrected chi connectivity index (χ4v) is 3.54. The summed E-state index contributed by atoms with van der Waals surface area (Å²) in [4.78, 5) is 11.3. The minimum absolute atomic E-state index is 0. The highest BCUT2D eigenvalue weighted by molar-refractivity contribution is 6.30. The summed E-state index contributed by atoms with van der Waals surface area (Å²) in [7, 11) is 0. The molecule has 0 atom stereocenters. The number of anilines is 1. The van der Waals surface area contributed by atoms with Crippen LogP contribution in [0.1, 0.15) is 0 Å². The molecule has 1 fully saturated rings. The van der Waals surface area contributed by atoms with Gasteiger partial charge in [-0.1, -0.05) is 66.2 Å². The maximum atomic E-state index is 5.54. The first-order chi connectivity index (χ1) is 14.3. The number of hydrogen-bond donors (Lipinski definition) is 2. The fourth-order valence-electron chi connectivity index (χ4n) is 3.40. The molecule has 8 heteroatoms. The largest absolute Gasteiger partial charge is 0.353 e. The number of halogens is 3. The van der Waals surface area contributed by atoms with Crippen LogP contribution in [0.25, 0.3) is 22.0 Å². The highest BCUT2D eigenvalue weighted by Gasteiger charge is 2.15. The van der Waals surface area contributed by atoms with Crippen molar-refractivity contribution in [2.24, 2.45) is 0 Å². The van der Waals surface area contributed by atoms with Crippen molar-refractivity contribution >= 4 is 53.1 Å². The van der Waals surface area contributed by atoms with Crippen LogP contribution in [0, 0.1) is 0 Å². The first-order valence-corrected chi connectivity index (χ1v) is 10.2. The number of benzene rings is 3. The number of aromatic nitrogens is 2. The molecule has 0 radical (unpaired) electrons. The molecular formula is C24H28Cl3N5. The predicted molar refractivity (Wildman–Crippen MR) is 141 cm³/mol. The molecule has 0 aliphatic carbocycles. The minimum atomic E-state index is 0. The molecule has 5 rings (SSSR count). The summed E-state index contributed by atoms with van der Waals surface area (Å²) in [6.45, 7) is 3.98. The van der Waals surface area contributed by atoms with Crippen LogP contribution in [0.3, 0.4) is 0 Å². The van der Waals surface area contributed by atoms with Crippen LogP contribution < -0.4 is 16.4 Å². The van der Waals surface area contributed by atoms with Crippen molar-refractivity contribution < 1.29 is 0 Å². The molecule has 1 aliphatic heterocycles. The number of piperazine rings is 1. The van der Waals surface area contributed by atoms with E-state index >= 15 is 0 Å². The number of nitrogens with one attached hydrogen (secondary N) is 1. The average molecular weight is 493 g/mol. The van der Waals surface area contributed by atoms with Crippen LogP contribution >= 0.6 is 36.4 Å². The van der Waals surface area contributed by atoms with Gasteiger partial charge in [-0.2, -0.15) is 0 Å². The van der Waals surface area contributed by atoms with Gasteiger partial charge in [0.25, 0.3) is 0 Å². The lowest BCUT2D eigenvalue weighted by molar-refractivity contribution is 0.586. The van der Waals surface area contributed by atoms with Crippen LogP contribution in [0.2, 0.25) is 5.02 Å². The molecule has 1 aromatic heterocycles. The molecule has 32 heavy (non-hydrogen) atoms. The monoisotopic (exact) mass is 491 g/mol. The van der Waals surface area contributed by atoms with Crippen molar-refractivity contribution in [1.29, 1.82) is 0 Å². The molecular weight excluding hydrogens is 465 g/mol. The van der Waals surface area contributed by atoms with E-state index in [1.807, 2.05) is 36.4 Å². The Hall–Kier alpha value is -2.41. The SMILES string of the molecule is Cl.Cl.Clc1ccccc1.N.c1ccc(-c2ccc3ncnc(N4CCNCC4)c3c2)cc1. The standard InChI is InChI=1S/C18H18N4.C6H5Cl.2ClH.H3N/c1-2-4-14(5-3-1)15-6-7-17-16(12-15)18(21-13-20-17)22-10-8-19-9-11-22;7-6-4-2-1-3-5-6;;;/h1-7,12-13,19H,8-11H2;1-5H;2*1H;1H3. The lowest BCUT2D eigenvalue weighted by atomic mass is 10.0. The lowest BCUT2D eigenvalue weighted by Gasteiger charge is -2.29. The van der Waals surface area contributed by atoms with Gasteiger partial charge in [-0.25, -0.2) is 9.97 Å². The smallest absolute Gasteiger partial charge is 0.139 e. The van der Waals surface area contributed by atoms with Gasteiger partial charge < -0.3 is 16.4 Å². The number of nitrogens with zero attached hydrogens (tertiary/aromatic N) is 3. The summed E-state index contributed by atoms with van der Waals surface area (Å²) in [5, 5.41) is 5.31. The zero-order chi connectivity index (χ0) is 19.9. The minimum Gasteiger partial charge on any atom is -0.353 e. The summed E-state index contributed by atoms with van der Waals surface area (Å²) in [5.41, 5.74) is 3.43. The van der Waals surface area contributed by atoms with Gasteiger partial charge in [-0.3, -0.25) is 0 Å². The Balaban J connectivity index is 0.000000445. The van der Waals surface area contributed by atoms with Crippen molar-refractivity contribution in [2.75, 3.05) is 31.1 Å². The maximum Gasteiger partial charge on any atom is 0.139 e. The van der Waals surface area contributed by atoms with E-state index in [1.165, 1.54) is 11.1 Å². The third-order valence-electron chi connectivity index (χ3n) is 4.87. The molecule has 2 heterocycles. The molecule has 5 nitrogen and oxygen atoms in total. The summed E-state index contributed by atoms with van der Waals surface area (Å²) in [5.74, 6) is 1.05. The van der Waals surface area contributed by atoms with Crippen LogP contribution in [-0.2, 0) is 0 Å². The number of hydrogen-bond acceptors (Lipinski definition) is 5. The first-order valence-electron chi connectivity index (χ1n) is 9.78.